The number of likely N-dealkylation sites (tertiary alicyclic amines) is 1. The number of amides is 2. The molecule has 1 aromatic carbocycles. The van der Waals surface area contributed by atoms with Gasteiger partial charge >= 0.3 is 0 Å². The Bertz CT molecular complexity index is 714. The Kier molecular flexibility index (Phi) is 6.13. The van der Waals surface area contributed by atoms with Gasteiger partial charge in [-0.15, -0.1) is 0 Å². The van der Waals surface area contributed by atoms with E-state index in [9.17, 15) is 19.7 Å². The van der Waals surface area contributed by atoms with E-state index in [1.165, 1.54) is 19.2 Å². The van der Waals surface area contributed by atoms with Gasteiger partial charge < -0.3 is 15.5 Å². The molecule has 9 heteroatoms. The summed E-state index contributed by atoms with van der Waals surface area (Å²) >= 11 is 3.20. The van der Waals surface area contributed by atoms with Crippen molar-refractivity contribution >= 4 is 39.1 Å². The van der Waals surface area contributed by atoms with Crippen molar-refractivity contribution in [2.75, 3.05) is 25.5 Å². The minimum atomic E-state index is -0.518. The predicted molar refractivity (Wildman–Crippen MR) is 97.6 cm³/mol. The zero-order valence-corrected chi connectivity index (χ0v) is 15.3. The first-order valence-corrected chi connectivity index (χ1v) is 8.54. The molecule has 1 aliphatic heterocycles. The molecule has 0 atom stereocenters. The number of nitrogens with one attached hydrogen (secondary N) is 2. The third-order valence-corrected chi connectivity index (χ3v) is 4.54. The highest BCUT2D eigenvalue weighted by molar-refractivity contribution is 9.10. The van der Waals surface area contributed by atoms with Crippen molar-refractivity contribution in [2.45, 2.75) is 18.9 Å². The molecule has 2 N–H and O–H groups in total. The van der Waals surface area contributed by atoms with Gasteiger partial charge in [-0.25, -0.2) is 0 Å². The van der Waals surface area contributed by atoms with Gasteiger partial charge in [-0.3, -0.25) is 19.7 Å². The van der Waals surface area contributed by atoms with Gasteiger partial charge in [0.25, 0.3) is 11.6 Å². The molecule has 1 saturated heterocycles. The van der Waals surface area contributed by atoms with Gasteiger partial charge in [0.1, 0.15) is 5.69 Å². The molecule has 1 aromatic rings. The van der Waals surface area contributed by atoms with E-state index >= 15 is 0 Å². The maximum Gasteiger partial charge on any atom is 0.294 e. The third kappa shape index (κ3) is 4.36. The Morgan fingerprint density at radius 1 is 1.40 bits per heavy atom. The van der Waals surface area contributed by atoms with Crippen molar-refractivity contribution in [3.05, 3.63) is 44.9 Å². The minimum absolute atomic E-state index is 0.0721. The third-order valence-electron chi connectivity index (χ3n) is 4.08. The topological polar surface area (TPSA) is 105 Å². The van der Waals surface area contributed by atoms with E-state index in [1.807, 2.05) is 0 Å². The monoisotopic (exact) mass is 410 g/mol. The number of nitro groups is 1. The highest BCUT2D eigenvalue weighted by atomic mass is 79.9. The molecule has 0 saturated carbocycles. The number of hydrogen-bond acceptors (Lipinski definition) is 5. The van der Waals surface area contributed by atoms with Gasteiger partial charge in [0, 0.05) is 36.7 Å². The standard InChI is InChI=1S/C16H19BrN4O4/c1-3-14(22)20-6-4-11(5-7-20)19-15-12(16(23)18-2)8-10(17)9-13(15)21(24)25/h3,8-9,11,19H,1,4-7H2,2H3,(H,18,23). The van der Waals surface area contributed by atoms with Gasteiger partial charge in [0.2, 0.25) is 5.91 Å². The first-order chi connectivity index (χ1) is 11.9. The maximum atomic E-state index is 12.1. The number of benzene rings is 1. The first kappa shape index (κ1) is 18.9. The van der Waals surface area contributed by atoms with Crippen LogP contribution in [0.2, 0.25) is 0 Å². The number of nitrogens with zero attached hydrogens (tertiary/aromatic N) is 2. The lowest BCUT2D eigenvalue weighted by molar-refractivity contribution is -0.384. The number of piperidine rings is 1. The van der Waals surface area contributed by atoms with Crippen LogP contribution < -0.4 is 10.6 Å². The molecule has 25 heavy (non-hydrogen) atoms. The summed E-state index contributed by atoms with van der Waals surface area (Å²) in [4.78, 5) is 36.3. The van der Waals surface area contributed by atoms with Crippen LogP contribution in [0.5, 0.6) is 0 Å². The van der Waals surface area contributed by atoms with Gasteiger partial charge in [0.05, 0.1) is 10.5 Å². The Morgan fingerprint density at radius 3 is 2.56 bits per heavy atom. The number of nitro benzene ring substituents is 1. The molecule has 0 bridgehead atoms. The molecule has 1 heterocycles. The van der Waals surface area contributed by atoms with Crippen LogP contribution in [0.1, 0.15) is 23.2 Å². The molecule has 8 nitrogen and oxygen atoms in total. The Labute approximate surface area is 153 Å². The number of carbonyl (C=O) groups excluding carboxylic acids is 2. The Balaban J connectivity index is 2.26. The zero-order valence-electron chi connectivity index (χ0n) is 13.8. The summed E-state index contributed by atoms with van der Waals surface area (Å²) in [5.74, 6) is -0.537. The van der Waals surface area contributed by atoms with E-state index < -0.39 is 10.8 Å². The highest BCUT2D eigenvalue weighted by Crippen LogP contribution is 2.34. The van der Waals surface area contributed by atoms with Crippen LogP contribution in [0, 0.1) is 10.1 Å². The summed E-state index contributed by atoms with van der Waals surface area (Å²) in [6.07, 6.45) is 2.52. The lowest BCUT2D eigenvalue weighted by atomic mass is 10.0. The molecule has 0 aromatic heterocycles. The fraction of sp³-hybridized carbons (Fsp3) is 0.375. The summed E-state index contributed by atoms with van der Waals surface area (Å²) < 4.78 is 0.453. The first-order valence-electron chi connectivity index (χ1n) is 7.75. The van der Waals surface area contributed by atoms with Gasteiger partial charge in [-0.05, 0) is 25.0 Å². The van der Waals surface area contributed by atoms with E-state index in [4.69, 9.17) is 0 Å². The minimum Gasteiger partial charge on any atom is -0.376 e. The SMILES string of the molecule is C=CC(=O)N1CCC(Nc2c(C(=O)NC)cc(Br)cc2[N+](=O)[O-])CC1. The van der Waals surface area contributed by atoms with E-state index in [1.54, 1.807) is 11.0 Å². The average Bonchev–Trinajstić information content (AvgIpc) is 2.61. The normalized spacial score (nSPS) is 14.7. The predicted octanol–water partition coefficient (Wildman–Crippen LogP) is 2.31. The lowest BCUT2D eigenvalue weighted by Gasteiger charge is -2.32. The molecule has 0 spiro atoms. The molecular formula is C16H19BrN4O4. The van der Waals surface area contributed by atoms with Crippen molar-refractivity contribution in [2.24, 2.45) is 0 Å². The van der Waals surface area contributed by atoms with Crippen LogP contribution in [0.3, 0.4) is 0 Å². The molecule has 1 aliphatic rings. The van der Waals surface area contributed by atoms with Crippen molar-refractivity contribution in [3.63, 3.8) is 0 Å². The van der Waals surface area contributed by atoms with Crippen molar-refractivity contribution in [1.82, 2.24) is 10.2 Å². The van der Waals surface area contributed by atoms with Crippen molar-refractivity contribution in [1.29, 1.82) is 0 Å². The zero-order chi connectivity index (χ0) is 18.6. The smallest absolute Gasteiger partial charge is 0.294 e. The summed E-state index contributed by atoms with van der Waals surface area (Å²) in [7, 11) is 1.47. The summed E-state index contributed by atoms with van der Waals surface area (Å²) in [5.41, 5.74) is 0.229. The number of hydrogen-bond donors (Lipinski definition) is 2. The van der Waals surface area contributed by atoms with Crippen LogP contribution in [0.25, 0.3) is 0 Å². The summed E-state index contributed by atoms with van der Waals surface area (Å²) in [6.45, 7) is 4.53. The molecule has 2 amide bonds. The average molecular weight is 411 g/mol. The molecule has 1 fully saturated rings. The van der Waals surface area contributed by atoms with Crippen LogP contribution in [-0.4, -0.2) is 47.8 Å². The largest absolute Gasteiger partial charge is 0.376 e. The fourth-order valence-corrected chi connectivity index (χ4v) is 3.23. The molecule has 0 unspecified atom stereocenters. The van der Waals surface area contributed by atoms with E-state index in [0.717, 1.165) is 0 Å². The molecule has 2 rings (SSSR count). The fourth-order valence-electron chi connectivity index (χ4n) is 2.78. The van der Waals surface area contributed by atoms with Gasteiger partial charge in [0.15, 0.2) is 0 Å². The van der Waals surface area contributed by atoms with Crippen molar-refractivity contribution in [3.8, 4) is 0 Å². The van der Waals surface area contributed by atoms with Crippen molar-refractivity contribution < 1.29 is 14.5 Å². The number of anilines is 1. The molecular weight excluding hydrogens is 392 g/mol. The van der Waals surface area contributed by atoms with Crippen LogP contribution in [0.15, 0.2) is 29.3 Å². The maximum absolute atomic E-state index is 12.1. The molecule has 0 aliphatic carbocycles. The Hall–Kier alpha value is -2.42. The molecule has 0 radical (unpaired) electrons. The van der Waals surface area contributed by atoms with Crippen LogP contribution in [-0.2, 0) is 4.79 Å². The van der Waals surface area contributed by atoms with E-state index in [0.29, 0.717) is 30.4 Å². The van der Waals surface area contributed by atoms with Gasteiger partial charge in [-0.1, -0.05) is 22.5 Å². The number of rotatable bonds is 5. The second-order valence-electron chi connectivity index (χ2n) is 5.63. The number of halogens is 1. The summed E-state index contributed by atoms with van der Waals surface area (Å²) in [6, 6.07) is 2.84. The second-order valence-corrected chi connectivity index (χ2v) is 6.55. The van der Waals surface area contributed by atoms with Gasteiger partial charge in [-0.2, -0.15) is 0 Å². The highest BCUT2D eigenvalue weighted by Gasteiger charge is 2.27. The van der Waals surface area contributed by atoms with E-state index in [2.05, 4.69) is 33.1 Å². The second kappa shape index (κ2) is 8.11. The Morgan fingerprint density at radius 2 is 2.04 bits per heavy atom. The van der Waals surface area contributed by atoms with Crippen LogP contribution in [0.4, 0.5) is 11.4 Å². The quantitative estimate of drug-likeness (QED) is 0.440. The summed E-state index contributed by atoms with van der Waals surface area (Å²) in [5, 5.41) is 17.0. The van der Waals surface area contributed by atoms with E-state index in [-0.39, 0.29) is 28.9 Å². The van der Waals surface area contributed by atoms with Crippen LogP contribution >= 0.6 is 15.9 Å². The molecule has 134 valence electrons. The lowest BCUT2D eigenvalue weighted by Crippen LogP contribution is -2.42. The number of carbonyl (C=O) groups is 2.